The molecule has 0 bridgehead atoms. The van der Waals surface area contributed by atoms with E-state index in [-0.39, 0.29) is 41.9 Å². The molecule has 0 unspecified atom stereocenters. The first kappa shape index (κ1) is 21.5. The first-order valence-electron chi connectivity index (χ1n) is 11.3. The summed E-state index contributed by atoms with van der Waals surface area (Å²) >= 11 is 0. The number of aryl methyl sites for hydroxylation is 2. The molecule has 0 radical (unpaired) electrons. The zero-order valence-electron chi connectivity index (χ0n) is 19.1. The van der Waals surface area contributed by atoms with Gasteiger partial charge in [-0.3, -0.25) is 9.59 Å². The van der Waals surface area contributed by atoms with E-state index in [0.717, 1.165) is 11.0 Å². The molecule has 0 atom stereocenters. The summed E-state index contributed by atoms with van der Waals surface area (Å²) in [6.45, 7) is 4.27. The number of benzene rings is 2. The maximum atomic E-state index is 13.9. The van der Waals surface area contributed by atoms with Crippen LogP contribution in [-0.2, 0) is 21.4 Å². The van der Waals surface area contributed by atoms with Gasteiger partial charge in [-0.2, -0.15) is 9.78 Å². The number of anilines is 2. The van der Waals surface area contributed by atoms with Crippen molar-refractivity contribution in [1.29, 1.82) is 0 Å². The van der Waals surface area contributed by atoms with E-state index in [1.54, 1.807) is 32.0 Å². The fraction of sp³-hybridized carbons (Fsp3) is 0.250. The zero-order valence-corrected chi connectivity index (χ0v) is 20.0. The SMILES string of the molecule is Cc1ccc(-c2c(C)nn3c2NC(=O)CCC3=O)cc1S(=O)(=O)N1CCn2c1nc1ccccc12. The maximum absolute atomic E-state index is 13.9. The van der Waals surface area contributed by atoms with Crippen molar-refractivity contribution in [2.45, 2.75) is 38.1 Å². The first-order chi connectivity index (χ1) is 16.8. The van der Waals surface area contributed by atoms with Crippen LogP contribution in [0.4, 0.5) is 11.8 Å². The van der Waals surface area contributed by atoms with Gasteiger partial charge >= 0.3 is 0 Å². The number of nitrogens with zero attached hydrogens (tertiary/aromatic N) is 5. The molecule has 2 aliphatic rings. The van der Waals surface area contributed by atoms with Crippen molar-refractivity contribution in [3.05, 3.63) is 53.7 Å². The molecular formula is C24H22N6O4S. The topological polar surface area (TPSA) is 119 Å². The molecule has 11 heteroatoms. The Bertz CT molecular complexity index is 1670. The molecule has 4 aromatic rings. The van der Waals surface area contributed by atoms with Crippen molar-refractivity contribution in [3.8, 4) is 11.1 Å². The van der Waals surface area contributed by atoms with Crippen LogP contribution < -0.4 is 9.62 Å². The highest BCUT2D eigenvalue weighted by molar-refractivity contribution is 7.92. The lowest BCUT2D eigenvalue weighted by Crippen LogP contribution is -2.30. The van der Waals surface area contributed by atoms with Crippen molar-refractivity contribution in [2.24, 2.45) is 0 Å². The molecule has 6 rings (SSSR count). The Hall–Kier alpha value is -3.99. The summed E-state index contributed by atoms with van der Waals surface area (Å²) in [4.78, 5) is 29.4. The van der Waals surface area contributed by atoms with Gasteiger partial charge in [0.15, 0.2) is 0 Å². The lowest BCUT2D eigenvalue weighted by molar-refractivity contribution is -0.116. The van der Waals surface area contributed by atoms with Crippen molar-refractivity contribution < 1.29 is 18.0 Å². The minimum Gasteiger partial charge on any atom is -0.310 e. The second kappa shape index (κ2) is 7.51. The van der Waals surface area contributed by atoms with Gasteiger partial charge in [0.05, 0.1) is 28.2 Å². The Kier molecular flexibility index (Phi) is 4.62. The quantitative estimate of drug-likeness (QED) is 0.471. The smallest absolute Gasteiger partial charge is 0.266 e. The zero-order chi connectivity index (χ0) is 24.5. The van der Waals surface area contributed by atoms with Gasteiger partial charge in [-0.25, -0.2) is 17.7 Å². The molecule has 2 aliphatic heterocycles. The van der Waals surface area contributed by atoms with E-state index in [4.69, 9.17) is 0 Å². The lowest BCUT2D eigenvalue weighted by Gasteiger charge is -2.19. The minimum absolute atomic E-state index is 0.0584. The second-order valence-corrected chi connectivity index (χ2v) is 10.6. The molecule has 2 aromatic heterocycles. The van der Waals surface area contributed by atoms with Crippen molar-refractivity contribution in [1.82, 2.24) is 19.3 Å². The average Bonchev–Trinajstić information content (AvgIpc) is 3.47. The molecule has 0 saturated heterocycles. The van der Waals surface area contributed by atoms with Crippen LogP contribution in [0.1, 0.15) is 28.9 Å². The molecule has 35 heavy (non-hydrogen) atoms. The highest BCUT2D eigenvalue weighted by atomic mass is 32.2. The predicted molar refractivity (Wildman–Crippen MR) is 130 cm³/mol. The van der Waals surface area contributed by atoms with Gasteiger partial charge in [0.1, 0.15) is 5.82 Å². The van der Waals surface area contributed by atoms with Crippen LogP contribution in [0.5, 0.6) is 0 Å². The van der Waals surface area contributed by atoms with Crippen LogP contribution in [0.15, 0.2) is 47.4 Å². The second-order valence-electron chi connectivity index (χ2n) is 8.77. The van der Waals surface area contributed by atoms with E-state index < -0.39 is 10.0 Å². The summed E-state index contributed by atoms with van der Waals surface area (Å²) in [6, 6.07) is 12.7. The van der Waals surface area contributed by atoms with E-state index in [1.807, 2.05) is 28.8 Å². The van der Waals surface area contributed by atoms with Crippen LogP contribution in [0.25, 0.3) is 22.2 Å². The van der Waals surface area contributed by atoms with Gasteiger partial charge in [0.2, 0.25) is 17.8 Å². The lowest BCUT2D eigenvalue weighted by atomic mass is 10.0. The fourth-order valence-corrected chi connectivity index (χ4v) is 6.50. The Labute approximate surface area is 201 Å². The number of sulfonamides is 1. The maximum Gasteiger partial charge on any atom is 0.266 e. The largest absolute Gasteiger partial charge is 0.310 e. The molecule has 4 heterocycles. The Balaban J connectivity index is 1.48. The van der Waals surface area contributed by atoms with Gasteiger partial charge in [-0.1, -0.05) is 24.3 Å². The van der Waals surface area contributed by atoms with Crippen LogP contribution >= 0.6 is 0 Å². The molecule has 0 saturated carbocycles. The molecule has 1 N–H and O–H groups in total. The normalized spacial score (nSPS) is 15.8. The Morgan fingerprint density at radius 1 is 1.00 bits per heavy atom. The molecule has 178 valence electrons. The van der Waals surface area contributed by atoms with Crippen molar-refractivity contribution in [3.63, 3.8) is 0 Å². The van der Waals surface area contributed by atoms with Gasteiger partial charge < -0.3 is 9.88 Å². The summed E-state index contributed by atoms with van der Waals surface area (Å²) in [5, 5.41) is 7.09. The van der Waals surface area contributed by atoms with Gasteiger partial charge in [-0.15, -0.1) is 0 Å². The van der Waals surface area contributed by atoms with Crippen molar-refractivity contribution in [2.75, 3.05) is 16.2 Å². The number of hydrogen-bond acceptors (Lipinski definition) is 6. The van der Waals surface area contributed by atoms with E-state index in [2.05, 4.69) is 15.4 Å². The van der Waals surface area contributed by atoms with Crippen molar-refractivity contribution >= 4 is 44.6 Å². The standard InChI is InChI=1S/C24H22N6O4S/c1-14-7-8-16(22-15(2)27-30-21(32)10-9-20(31)26-23(22)30)13-19(14)35(33,34)29-12-11-28-18-6-4-3-5-17(18)25-24(28)29/h3-8,13H,9-12H2,1-2H3,(H,26,31). The number of aromatic nitrogens is 4. The summed E-state index contributed by atoms with van der Waals surface area (Å²) in [6.07, 6.45) is 0.132. The minimum atomic E-state index is -3.94. The van der Waals surface area contributed by atoms with Gasteiger partial charge in [0.25, 0.3) is 10.0 Å². The molecule has 0 fully saturated rings. The number of rotatable bonds is 3. The third-order valence-electron chi connectivity index (χ3n) is 6.55. The summed E-state index contributed by atoms with van der Waals surface area (Å²) in [5.74, 6) is 0.0902. The highest BCUT2D eigenvalue weighted by Crippen LogP contribution is 2.37. The summed E-state index contributed by atoms with van der Waals surface area (Å²) in [7, 11) is -3.94. The summed E-state index contributed by atoms with van der Waals surface area (Å²) < 4.78 is 32.2. The fourth-order valence-electron chi connectivity index (χ4n) is 4.83. The molecule has 0 spiro atoms. The number of fused-ring (bicyclic) bond motifs is 4. The van der Waals surface area contributed by atoms with Gasteiger partial charge in [0, 0.05) is 24.9 Å². The first-order valence-corrected chi connectivity index (χ1v) is 12.7. The van der Waals surface area contributed by atoms with E-state index >= 15 is 0 Å². The van der Waals surface area contributed by atoms with E-state index in [0.29, 0.717) is 34.9 Å². The molecular weight excluding hydrogens is 468 g/mol. The van der Waals surface area contributed by atoms with Crippen LogP contribution in [0.3, 0.4) is 0 Å². The predicted octanol–water partition coefficient (Wildman–Crippen LogP) is 3.10. The highest BCUT2D eigenvalue weighted by Gasteiger charge is 2.35. The average molecular weight is 491 g/mol. The summed E-state index contributed by atoms with van der Waals surface area (Å²) in [5.41, 5.74) is 3.81. The number of para-hydroxylation sites is 2. The third kappa shape index (κ3) is 3.18. The Morgan fingerprint density at radius 3 is 2.63 bits per heavy atom. The van der Waals surface area contributed by atoms with Gasteiger partial charge in [-0.05, 0) is 43.2 Å². The number of nitrogens with one attached hydrogen (secondary N) is 1. The van der Waals surface area contributed by atoms with Crippen LogP contribution in [0, 0.1) is 13.8 Å². The monoisotopic (exact) mass is 490 g/mol. The number of carbonyl (C=O) groups is 2. The molecule has 1 amide bonds. The van der Waals surface area contributed by atoms with E-state index in [1.165, 1.54) is 8.99 Å². The van der Waals surface area contributed by atoms with Crippen LogP contribution in [-0.4, -0.2) is 46.1 Å². The van der Waals surface area contributed by atoms with E-state index in [9.17, 15) is 18.0 Å². The number of hydrogen-bond donors (Lipinski definition) is 1. The molecule has 2 aromatic carbocycles. The number of carbonyl (C=O) groups excluding carboxylic acids is 2. The van der Waals surface area contributed by atoms with Crippen LogP contribution in [0.2, 0.25) is 0 Å². The third-order valence-corrected chi connectivity index (χ3v) is 8.47. The molecule has 10 nitrogen and oxygen atoms in total. The number of imidazole rings is 1. The Morgan fingerprint density at radius 2 is 1.80 bits per heavy atom. The number of amides is 1. The molecule has 0 aliphatic carbocycles.